The Morgan fingerprint density at radius 3 is 2.71 bits per heavy atom. The summed E-state index contributed by atoms with van der Waals surface area (Å²) >= 11 is -0.917. The van der Waals surface area contributed by atoms with E-state index in [2.05, 4.69) is 18.2 Å². The Hall–Kier alpha value is -0.740. The van der Waals surface area contributed by atoms with Crippen molar-refractivity contribution >= 4 is 38.3 Å². The zero-order valence-electron chi connectivity index (χ0n) is 7.53. The SMILES string of the molecule is O.O=C(O)C[C]1=Cc2cccc[c]2[In]1. The number of rotatable bonds is 2. The van der Waals surface area contributed by atoms with Crippen LogP contribution in [0.2, 0.25) is 0 Å². The zero-order valence-corrected chi connectivity index (χ0v) is 10.8. The van der Waals surface area contributed by atoms with E-state index < -0.39 is 28.9 Å². The Morgan fingerprint density at radius 1 is 1.36 bits per heavy atom. The van der Waals surface area contributed by atoms with Crippen LogP contribution in [-0.4, -0.2) is 39.5 Å². The van der Waals surface area contributed by atoms with E-state index in [9.17, 15) is 4.79 Å². The van der Waals surface area contributed by atoms with E-state index >= 15 is 0 Å². The number of hydrogen-bond donors (Lipinski definition) is 1. The van der Waals surface area contributed by atoms with Crippen molar-refractivity contribution < 1.29 is 15.4 Å². The van der Waals surface area contributed by atoms with Crippen LogP contribution in [0, 0.1) is 0 Å². The number of fused-ring (bicyclic) bond motifs is 1. The van der Waals surface area contributed by atoms with Gasteiger partial charge in [0.15, 0.2) is 0 Å². The molecule has 0 aliphatic carbocycles. The molecule has 0 saturated carbocycles. The van der Waals surface area contributed by atoms with E-state index in [4.69, 9.17) is 5.11 Å². The molecule has 3 N–H and O–H groups in total. The van der Waals surface area contributed by atoms with Crippen LogP contribution in [0.4, 0.5) is 0 Å². The molecule has 0 spiro atoms. The van der Waals surface area contributed by atoms with Gasteiger partial charge in [0.05, 0.1) is 0 Å². The Morgan fingerprint density at radius 2 is 2.07 bits per heavy atom. The maximum atomic E-state index is 10.5. The second-order valence-electron chi connectivity index (χ2n) is 3.06. The van der Waals surface area contributed by atoms with Gasteiger partial charge >= 0.3 is 87.8 Å². The van der Waals surface area contributed by atoms with Crippen LogP contribution in [0.1, 0.15) is 12.0 Å². The molecule has 0 atom stereocenters. The first-order valence-corrected chi connectivity index (χ1v) is 7.41. The van der Waals surface area contributed by atoms with Gasteiger partial charge in [0.25, 0.3) is 0 Å². The number of hydrogen-bond acceptors (Lipinski definition) is 1. The molecule has 1 aromatic carbocycles. The Balaban J connectivity index is 0.000000980. The predicted molar refractivity (Wildman–Crippen MR) is 55.7 cm³/mol. The summed E-state index contributed by atoms with van der Waals surface area (Å²) in [5, 5.41) is 8.64. The van der Waals surface area contributed by atoms with Crippen molar-refractivity contribution in [3.8, 4) is 0 Å². The molecule has 1 aliphatic rings. The molecule has 71 valence electrons. The molecule has 14 heavy (non-hydrogen) atoms. The predicted octanol–water partition coefficient (Wildman–Crippen LogP) is 0.0206. The molecule has 1 aromatic rings. The van der Waals surface area contributed by atoms with Gasteiger partial charge in [-0.3, -0.25) is 0 Å². The average molecular weight is 293 g/mol. The van der Waals surface area contributed by atoms with Crippen LogP contribution >= 0.6 is 0 Å². The maximum absolute atomic E-state index is 10.5. The molecular formula is C10H10InO3. The normalized spacial score (nSPS) is 12.1. The molecule has 2 rings (SSSR count). The van der Waals surface area contributed by atoms with Crippen LogP contribution in [0.3, 0.4) is 0 Å². The molecule has 1 aliphatic heterocycles. The molecule has 0 bridgehead atoms. The van der Waals surface area contributed by atoms with Gasteiger partial charge in [-0.1, -0.05) is 0 Å². The van der Waals surface area contributed by atoms with Crippen LogP contribution in [0.25, 0.3) is 6.08 Å². The Kier molecular flexibility index (Phi) is 3.77. The number of aliphatic carboxylic acids is 1. The molecule has 0 saturated heterocycles. The number of carboxylic acid groups (broad SMARTS) is 1. The van der Waals surface area contributed by atoms with Crippen molar-refractivity contribution in [1.82, 2.24) is 0 Å². The van der Waals surface area contributed by atoms with Gasteiger partial charge in [-0.2, -0.15) is 0 Å². The third kappa shape index (κ3) is 2.39. The van der Waals surface area contributed by atoms with Gasteiger partial charge in [0, 0.05) is 0 Å². The number of carbonyl (C=O) groups is 1. The fourth-order valence-corrected chi connectivity index (χ4v) is 5.75. The van der Waals surface area contributed by atoms with Crippen LogP contribution in [0.15, 0.2) is 27.6 Å². The van der Waals surface area contributed by atoms with Gasteiger partial charge < -0.3 is 5.48 Å². The van der Waals surface area contributed by atoms with Crippen molar-refractivity contribution in [2.24, 2.45) is 0 Å². The van der Waals surface area contributed by atoms with Crippen molar-refractivity contribution in [2.75, 3.05) is 0 Å². The van der Waals surface area contributed by atoms with E-state index in [0.717, 1.165) is 0 Å². The summed E-state index contributed by atoms with van der Waals surface area (Å²) in [5.74, 6) is -0.703. The van der Waals surface area contributed by atoms with Crippen molar-refractivity contribution in [2.45, 2.75) is 6.42 Å². The van der Waals surface area contributed by atoms with Crippen LogP contribution < -0.4 is 3.32 Å². The standard InChI is InChI=1S/C10H8O2.In.H2O/c11-10(12)8-4-7-9-5-2-1-3-6-9;;/h1-3,5,7H,8H2,(H,11,12);;1H2. The average Bonchev–Trinajstić information content (AvgIpc) is 2.44. The molecule has 0 aromatic heterocycles. The van der Waals surface area contributed by atoms with E-state index in [0.29, 0.717) is 0 Å². The first-order chi connectivity index (χ1) is 6.25. The molecule has 1 radical (unpaired) electrons. The van der Waals surface area contributed by atoms with Crippen LogP contribution in [0.5, 0.6) is 0 Å². The van der Waals surface area contributed by atoms with E-state index in [-0.39, 0.29) is 11.9 Å². The van der Waals surface area contributed by atoms with Crippen molar-refractivity contribution in [1.29, 1.82) is 0 Å². The fraction of sp³-hybridized carbons (Fsp3) is 0.100. The van der Waals surface area contributed by atoms with Crippen molar-refractivity contribution in [3.63, 3.8) is 0 Å². The molecule has 3 nitrogen and oxygen atoms in total. The first-order valence-electron chi connectivity index (χ1n) is 4.12. The summed E-state index contributed by atoms with van der Waals surface area (Å²) in [6.07, 6.45) is 2.31. The van der Waals surface area contributed by atoms with Gasteiger partial charge in [0.2, 0.25) is 0 Å². The fourth-order valence-electron chi connectivity index (χ4n) is 1.49. The summed E-state index contributed by atoms with van der Waals surface area (Å²) < 4.78 is 2.61. The monoisotopic (exact) mass is 293 g/mol. The van der Waals surface area contributed by atoms with Crippen LogP contribution in [-0.2, 0) is 4.79 Å². The van der Waals surface area contributed by atoms with Gasteiger partial charge in [-0.25, -0.2) is 0 Å². The molecule has 0 unspecified atom stereocenters. The second-order valence-corrected chi connectivity index (χ2v) is 7.78. The van der Waals surface area contributed by atoms with E-state index in [1.165, 1.54) is 12.2 Å². The van der Waals surface area contributed by atoms with Crippen molar-refractivity contribution in [3.05, 3.63) is 33.2 Å². The molecular weight excluding hydrogens is 283 g/mol. The molecule has 0 fully saturated rings. The second kappa shape index (κ2) is 4.66. The quantitative estimate of drug-likeness (QED) is 0.835. The minimum atomic E-state index is -0.917. The minimum absolute atomic E-state index is 0. The van der Waals surface area contributed by atoms with Gasteiger partial charge in [0.1, 0.15) is 0 Å². The number of carboxylic acids is 1. The topological polar surface area (TPSA) is 68.8 Å². The summed E-state index contributed by atoms with van der Waals surface area (Å²) in [5.41, 5.74) is 1.25. The molecule has 0 amide bonds. The zero-order chi connectivity index (χ0) is 9.26. The molecule has 1 heterocycles. The summed E-state index contributed by atoms with van der Waals surface area (Å²) in [6, 6.07) is 8.22. The third-order valence-corrected chi connectivity index (χ3v) is 6.54. The first kappa shape index (κ1) is 11.3. The third-order valence-electron chi connectivity index (χ3n) is 2.03. The van der Waals surface area contributed by atoms with Gasteiger partial charge in [-0.05, 0) is 0 Å². The van der Waals surface area contributed by atoms with E-state index in [1.807, 2.05) is 12.1 Å². The summed E-state index contributed by atoms with van der Waals surface area (Å²) in [6.45, 7) is 0. The van der Waals surface area contributed by atoms with E-state index in [1.54, 1.807) is 0 Å². The summed E-state index contributed by atoms with van der Waals surface area (Å²) in [4.78, 5) is 10.5. The Bertz CT molecular complexity index is 385. The van der Waals surface area contributed by atoms with Gasteiger partial charge in [-0.15, -0.1) is 0 Å². The summed E-state index contributed by atoms with van der Waals surface area (Å²) in [7, 11) is 0. The molecule has 4 heteroatoms. The number of benzene rings is 1. The Labute approximate surface area is 93.1 Å².